The highest BCUT2D eigenvalue weighted by atomic mass is 79.9. The molecule has 1 aromatic heterocycles. The molecule has 0 fully saturated rings. The van der Waals surface area contributed by atoms with Crippen LogP contribution in [0.2, 0.25) is 0 Å². The number of nitrogens with two attached hydrogens (primary N) is 1. The maximum Gasteiger partial charge on any atom is 0.0578 e. The van der Waals surface area contributed by atoms with Crippen molar-refractivity contribution in [3.05, 3.63) is 28.6 Å². The van der Waals surface area contributed by atoms with Gasteiger partial charge in [0.05, 0.1) is 10.4 Å². The summed E-state index contributed by atoms with van der Waals surface area (Å²) in [5, 5.41) is 4.26. The molecular formula is C11H12BrNS. The average molecular weight is 270 g/mol. The van der Waals surface area contributed by atoms with Crippen molar-refractivity contribution in [1.29, 1.82) is 0 Å². The van der Waals surface area contributed by atoms with Gasteiger partial charge in [0.1, 0.15) is 0 Å². The van der Waals surface area contributed by atoms with Gasteiger partial charge in [0.2, 0.25) is 0 Å². The number of alkyl halides is 1. The smallest absolute Gasteiger partial charge is 0.0578 e. The summed E-state index contributed by atoms with van der Waals surface area (Å²) in [7, 11) is 0. The van der Waals surface area contributed by atoms with Gasteiger partial charge in [0, 0.05) is 5.33 Å². The van der Waals surface area contributed by atoms with Crippen LogP contribution >= 0.6 is 27.3 Å². The standard InChI is InChI=1S/C11H12BrNS/c1-2-7-5-8(6-12)10(13)11-9(7)3-4-14-11/h3-5H,2,6,13H2,1H3. The lowest BCUT2D eigenvalue weighted by molar-refractivity contribution is 1.15. The predicted molar refractivity (Wildman–Crippen MR) is 68.2 cm³/mol. The zero-order valence-electron chi connectivity index (χ0n) is 8.01. The molecule has 74 valence electrons. The molecule has 0 bridgehead atoms. The van der Waals surface area contributed by atoms with E-state index in [1.54, 1.807) is 11.3 Å². The topological polar surface area (TPSA) is 26.0 Å². The van der Waals surface area contributed by atoms with Crippen LogP contribution in [0.25, 0.3) is 10.1 Å². The zero-order valence-corrected chi connectivity index (χ0v) is 10.4. The highest BCUT2D eigenvalue weighted by Crippen LogP contribution is 2.33. The first kappa shape index (κ1) is 9.99. The van der Waals surface area contributed by atoms with Gasteiger partial charge in [-0.25, -0.2) is 0 Å². The number of hydrogen-bond donors (Lipinski definition) is 1. The van der Waals surface area contributed by atoms with Crippen LogP contribution in [0.3, 0.4) is 0 Å². The van der Waals surface area contributed by atoms with Crippen LogP contribution in [0.4, 0.5) is 5.69 Å². The molecule has 0 atom stereocenters. The van der Waals surface area contributed by atoms with Crippen molar-refractivity contribution in [2.24, 2.45) is 0 Å². The second kappa shape index (κ2) is 3.91. The Balaban J connectivity index is 2.80. The van der Waals surface area contributed by atoms with E-state index in [-0.39, 0.29) is 0 Å². The molecule has 2 N–H and O–H groups in total. The number of benzene rings is 1. The van der Waals surface area contributed by atoms with E-state index in [9.17, 15) is 0 Å². The number of halogens is 1. The quantitative estimate of drug-likeness (QED) is 0.649. The Morgan fingerprint density at radius 1 is 1.43 bits per heavy atom. The molecule has 0 aliphatic rings. The van der Waals surface area contributed by atoms with Gasteiger partial charge >= 0.3 is 0 Å². The minimum absolute atomic E-state index is 0.833. The summed E-state index contributed by atoms with van der Waals surface area (Å²) >= 11 is 5.20. The molecule has 0 radical (unpaired) electrons. The van der Waals surface area contributed by atoms with Crippen LogP contribution in [-0.4, -0.2) is 0 Å². The maximum atomic E-state index is 6.08. The van der Waals surface area contributed by atoms with Crippen molar-refractivity contribution in [2.75, 3.05) is 5.73 Å². The summed E-state index contributed by atoms with van der Waals surface area (Å²) in [5.41, 5.74) is 9.61. The molecule has 0 unspecified atom stereocenters. The van der Waals surface area contributed by atoms with Gasteiger partial charge in [0.15, 0.2) is 0 Å². The highest BCUT2D eigenvalue weighted by molar-refractivity contribution is 9.08. The first-order valence-electron chi connectivity index (χ1n) is 4.61. The van der Waals surface area contributed by atoms with Gasteiger partial charge in [0.25, 0.3) is 0 Å². The second-order valence-corrected chi connectivity index (χ2v) is 4.74. The van der Waals surface area contributed by atoms with Crippen LogP contribution in [0.1, 0.15) is 18.1 Å². The molecule has 0 spiro atoms. The molecule has 0 aliphatic carbocycles. The fourth-order valence-electron chi connectivity index (χ4n) is 1.69. The summed E-state index contributed by atoms with van der Waals surface area (Å²) in [6.07, 6.45) is 1.06. The number of hydrogen-bond acceptors (Lipinski definition) is 2. The summed E-state index contributed by atoms with van der Waals surface area (Å²) in [4.78, 5) is 0. The van der Waals surface area contributed by atoms with Crippen molar-refractivity contribution in [3.8, 4) is 0 Å². The van der Waals surface area contributed by atoms with E-state index in [2.05, 4.69) is 40.4 Å². The van der Waals surface area contributed by atoms with E-state index in [4.69, 9.17) is 5.73 Å². The van der Waals surface area contributed by atoms with Gasteiger partial charge in [-0.2, -0.15) is 0 Å². The second-order valence-electron chi connectivity index (χ2n) is 3.26. The Hall–Kier alpha value is -0.540. The number of fused-ring (bicyclic) bond motifs is 1. The van der Waals surface area contributed by atoms with Crippen molar-refractivity contribution in [3.63, 3.8) is 0 Å². The number of rotatable bonds is 2. The Morgan fingerprint density at radius 2 is 2.21 bits per heavy atom. The van der Waals surface area contributed by atoms with Gasteiger partial charge in [-0.05, 0) is 34.4 Å². The summed E-state index contributed by atoms with van der Waals surface area (Å²) in [5.74, 6) is 0. The molecule has 14 heavy (non-hydrogen) atoms. The molecule has 1 heterocycles. The Kier molecular flexibility index (Phi) is 2.79. The van der Waals surface area contributed by atoms with Crippen molar-refractivity contribution in [2.45, 2.75) is 18.7 Å². The van der Waals surface area contributed by atoms with E-state index in [1.807, 2.05) is 0 Å². The lowest BCUT2D eigenvalue weighted by atomic mass is 10.0. The predicted octanol–water partition coefficient (Wildman–Crippen LogP) is 3.94. The summed E-state index contributed by atoms with van der Waals surface area (Å²) < 4.78 is 1.24. The van der Waals surface area contributed by atoms with Gasteiger partial charge in [-0.1, -0.05) is 28.9 Å². The van der Waals surface area contributed by atoms with Crippen LogP contribution in [0.5, 0.6) is 0 Å². The number of aryl methyl sites for hydroxylation is 1. The van der Waals surface area contributed by atoms with E-state index in [0.717, 1.165) is 17.4 Å². The third-order valence-electron chi connectivity index (χ3n) is 2.48. The lowest BCUT2D eigenvalue weighted by Gasteiger charge is -2.07. The number of thiophene rings is 1. The third-order valence-corrected chi connectivity index (χ3v) is 4.03. The number of anilines is 1. The van der Waals surface area contributed by atoms with Crippen LogP contribution < -0.4 is 5.73 Å². The number of nitrogen functional groups attached to an aromatic ring is 1. The van der Waals surface area contributed by atoms with Crippen molar-refractivity contribution in [1.82, 2.24) is 0 Å². The molecule has 2 rings (SSSR count). The average Bonchev–Trinajstić information content (AvgIpc) is 2.68. The largest absolute Gasteiger partial charge is 0.397 e. The Morgan fingerprint density at radius 3 is 2.86 bits per heavy atom. The molecule has 1 aromatic carbocycles. The van der Waals surface area contributed by atoms with E-state index in [0.29, 0.717) is 0 Å². The first-order chi connectivity index (χ1) is 6.77. The van der Waals surface area contributed by atoms with E-state index < -0.39 is 0 Å². The molecule has 0 saturated heterocycles. The highest BCUT2D eigenvalue weighted by Gasteiger charge is 2.08. The lowest BCUT2D eigenvalue weighted by Crippen LogP contribution is -1.94. The summed E-state index contributed by atoms with van der Waals surface area (Å²) in [6, 6.07) is 4.37. The molecule has 0 aliphatic heterocycles. The first-order valence-corrected chi connectivity index (χ1v) is 6.61. The fourth-order valence-corrected chi connectivity index (χ4v) is 3.07. The Bertz CT molecular complexity index is 462. The van der Waals surface area contributed by atoms with Crippen LogP contribution in [0.15, 0.2) is 17.5 Å². The molecular weight excluding hydrogens is 258 g/mol. The minimum atomic E-state index is 0.833. The molecule has 0 saturated carbocycles. The monoisotopic (exact) mass is 269 g/mol. The van der Waals surface area contributed by atoms with Crippen LogP contribution in [0, 0.1) is 0 Å². The zero-order chi connectivity index (χ0) is 10.1. The maximum absolute atomic E-state index is 6.08. The molecule has 2 aromatic rings. The SMILES string of the molecule is CCc1cc(CBr)c(N)c2sccc12. The van der Waals surface area contributed by atoms with Crippen LogP contribution in [-0.2, 0) is 11.8 Å². The molecule has 3 heteroatoms. The summed E-state index contributed by atoms with van der Waals surface area (Å²) in [6.45, 7) is 2.18. The van der Waals surface area contributed by atoms with Crippen molar-refractivity contribution >= 4 is 43.0 Å². The minimum Gasteiger partial charge on any atom is -0.397 e. The third kappa shape index (κ3) is 1.44. The van der Waals surface area contributed by atoms with E-state index in [1.165, 1.54) is 21.2 Å². The Labute approximate surface area is 96.1 Å². The van der Waals surface area contributed by atoms with E-state index >= 15 is 0 Å². The van der Waals surface area contributed by atoms with Crippen molar-refractivity contribution < 1.29 is 0 Å². The normalized spacial score (nSPS) is 11.0. The van der Waals surface area contributed by atoms with Gasteiger partial charge < -0.3 is 5.73 Å². The molecule has 1 nitrogen and oxygen atoms in total. The molecule has 0 amide bonds. The van der Waals surface area contributed by atoms with Gasteiger partial charge in [-0.15, -0.1) is 11.3 Å². The van der Waals surface area contributed by atoms with Gasteiger partial charge in [-0.3, -0.25) is 0 Å². The fraction of sp³-hybridized carbons (Fsp3) is 0.273.